The first-order chi connectivity index (χ1) is 16.5. The van der Waals surface area contributed by atoms with Crippen molar-refractivity contribution in [2.24, 2.45) is 0 Å². The molecule has 0 spiro atoms. The molecule has 4 nitrogen and oxygen atoms in total. The predicted molar refractivity (Wildman–Crippen MR) is 130 cm³/mol. The molecule has 0 saturated carbocycles. The maximum atomic E-state index is 13.1. The fourth-order valence-corrected chi connectivity index (χ4v) is 4.18. The first-order valence-electron chi connectivity index (χ1n) is 10.9. The van der Waals surface area contributed by atoms with Crippen molar-refractivity contribution in [3.8, 4) is 0 Å². The molecule has 35 heavy (non-hydrogen) atoms. The Kier molecular flexibility index (Phi) is 6.81. The molecule has 0 radical (unpaired) electrons. The number of allylic oxidation sites excluding steroid dienone is 1. The molecule has 0 saturated heterocycles. The summed E-state index contributed by atoms with van der Waals surface area (Å²) >= 11 is 5.66. The van der Waals surface area contributed by atoms with Crippen molar-refractivity contribution < 1.29 is 22.8 Å². The van der Waals surface area contributed by atoms with Gasteiger partial charge in [0, 0.05) is 30.5 Å². The van der Waals surface area contributed by atoms with E-state index in [4.69, 9.17) is 11.6 Å². The van der Waals surface area contributed by atoms with Crippen LogP contribution < -0.4 is 5.32 Å². The number of hydrogen-bond donors (Lipinski definition) is 1. The molecule has 180 valence electrons. The SMILES string of the molecule is CC(=O)C1=Cc2cc(NCc3cc(CC(=O)c4ccc(Cl)c(C(F)(F)F)c4)ccc3C)cnc2C1. The fourth-order valence-electron chi connectivity index (χ4n) is 3.95. The van der Waals surface area contributed by atoms with Crippen LogP contribution in [0.25, 0.3) is 6.08 Å². The molecular formula is C27H22ClF3N2O2. The molecule has 0 aliphatic heterocycles. The fraction of sp³-hybridized carbons (Fsp3) is 0.222. The van der Waals surface area contributed by atoms with Crippen molar-refractivity contribution in [1.82, 2.24) is 4.98 Å². The zero-order valence-electron chi connectivity index (χ0n) is 19.1. The Balaban J connectivity index is 1.47. The van der Waals surface area contributed by atoms with Crippen LogP contribution in [0.4, 0.5) is 18.9 Å². The number of pyridine rings is 1. The van der Waals surface area contributed by atoms with Gasteiger partial charge in [-0.05, 0) is 66.4 Å². The molecule has 2 aromatic carbocycles. The van der Waals surface area contributed by atoms with Gasteiger partial charge in [0.25, 0.3) is 0 Å². The summed E-state index contributed by atoms with van der Waals surface area (Å²) in [5, 5.41) is 2.88. The minimum absolute atomic E-state index is 0.0349. The maximum Gasteiger partial charge on any atom is 0.417 e. The molecule has 1 heterocycles. The van der Waals surface area contributed by atoms with Gasteiger partial charge in [0.05, 0.1) is 28.2 Å². The van der Waals surface area contributed by atoms with Crippen LogP contribution in [0.1, 0.15) is 50.8 Å². The smallest absolute Gasteiger partial charge is 0.380 e. The first kappa shape index (κ1) is 24.7. The zero-order chi connectivity index (χ0) is 25.3. The van der Waals surface area contributed by atoms with E-state index in [0.29, 0.717) is 18.5 Å². The third kappa shape index (κ3) is 5.62. The maximum absolute atomic E-state index is 13.1. The number of carbonyl (C=O) groups is 2. The molecule has 0 fully saturated rings. The van der Waals surface area contributed by atoms with Crippen LogP contribution in [0.5, 0.6) is 0 Å². The number of ketones is 2. The molecule has 0 amide bonds. The lowest BCUT2D eigenvalue weighted by atomic mass is 9.98. The standard InChI is InChI=1S/C27H22ClF3N2O2/c1-15-3-4-17(8-26(35)18-5-6-24(28)23(11-18)27(29,30)31)7-21(15)13-32-22-10-20-9-19(16(2)34)12-25(20)33-14-22/h3-7,9-11,14,32H,8,12-13H2,1-2H3. The lowest BCUT2D eigenvalue weighted by Gasteiger charge is -2.13. The predicted octanol–water partition coefficient (Wildman–Crippen LogP) is 6.63. The van der Waals surface area contributed by atoms with Crippen LogP contribution in [0.15, 0.2) is 54.2 Å². The van der Waals surface area contributed by atoms with Gasteiger partial charge in [0.15, 0.2) is 11.6 Å². The molecule has 0 unspecified atom stereocenters. The quantitative estimate of drug-likeness (QED) is 0.371. The van der Waals surface area contributed by atoms with E-state index in [1.165, 1.54) is 6.07 Å². The summed E-state index contributed by atoms with van der Waals surface area (Å²) in [5.41, 5.74) is 4.91. The number of hydrogen-bond acceptors (Lipinski definition) is 4. The summed E-state index contributed by atoms with van der Waals surface area (Å²) in [5.74, 6) is -0.390. The highest BCUT2D eigenvalue weighted by Crippen LogP contribution is 2.35. The van der Waals surface area contributed by atoms with Gasteiger partial charge >= 0.3 is 6.18 Å². The molecule has 4 rings (SSSR count). The average molecular weight is 499 g/mol. The van der Waals surface area contributed by atoms with Crippen LogP contribution in [0.2, 0.25) is 5.02 Å². The summed E-state index contributed by atoms with van der Waals surface area (Å²) in [4.78, 5) is 28.8. The van der Waals surface area contributed by atoms with E-state index < -0.39 is 22.5 Å². The van der Waals surface area contributed by atoms with Gasteiger partial charge in [-0.1, -0.05) is 29.8 Å². The highest BCUT2D eigenvalue weighted by molar-refractivity contribution is 6.31. The largest absolute Gasteiger partial charge is 0.417 e. The molecule has 0 atom stereocenters. The lowest BCUT2D eigenvalue weighted by Crippen LogP contribution is -2.10. The van der Waals surface area contributed by atoms with E-state index in [9.17, 15) is 22.8 Å². The van der Waals surface area contributed by atoms with Crippen molar-refractivity contribution in [2.75, 3.05) is 5.32 Å². The molecule has 3 aromatic rings. The third-order valence-electron chi connectivity index (χ3n) is 6.00. The molecule has 1 aliphatic carbocycles. The Hall–Kier alpha value is -3.45. The number of carbonyl (C=O) groups excluding carboxylic acids is 2. The van der Waals surface area contributed by atoms with Gasteiger partial charge < -0.3 is 5.32 Å². The zero-order valence-corrected chi connectivity index (χ0v) is 19.8. The highest BCUT2D eigenvalue weighted by Gasteiger charge is 2.33. The monoisotopic (exact) mass is 498 g/mol. The second kappa shape index (κ2) is 9.66. The Morgan fingerprint density at radius 1 is 1.11 bits per heavy atom. The number of anilines is 1. The van der Waals surface area contributed by atoms with E-state index >= 15 is 0 Å². The van der Waals surface area contributed by atoms with Gasteiger partial charge in [-0.3, -0.25) is 14.6 Å². The van der Waals surface area contributed by atoms with Gasteiger partial charge in [-0.2, -0.15) is 13.2 Å². The van der Waals surface area contributed by atoms with Crippen molar-refractivity contribution in [2.45, 2.75) is 39.4 Å². The number of nitrogens with zero attached hydrogens (tertiary/aromatic N) is 1. The van der Waals surface area contributed by atoms with E-state index in [2.05, 4.69) is 10.3 Å². The topological polar surface area (TPSA) is 59.1 Å². The van der Waals surface area contributed by atoms with Crippen LogP contribution in [-0.4, -0.2) is 16.6 Å². The minimum atomic E-state index is -4.63. The highest BCUT2D eigenvalue weighted by atomic mass is 35.5. The summed E-state index contributed by atoms with van der Waals surface area (Å²) in [6.45, 7) is 3.95. The lowest BCUT2D eigenvalue weighted by molar-refractivity contribution is -0.137. The van der Waals surface area contributed by atoms with Gasteiger partial charge in [-0.15, -0.1) is 0 Å². The van der Waals surface area contributed by atoms with E-state index in [0.717, 1.165) is 45.8 Å². The number of benzene rings is 2. The minimum Gasteiger partial charge on any atom is -0.380 e. The molecule has 1 N–H and O–H groups in total. The van der Waals surface area contributed by atoms with Gasteiger partial charge in [0.2, 0.25) is 0 Å². The first-order valence-corrected chi connectivity index (χ1v) is 11.3. The summed E-state index contributed by atoms with van der Waals surface area (Å²) < 4.78 is 39.4. The normalized spacial score (nSPS) is 12.8. The molecule has 8 heteroatoms. The number of rotatable bonds is 7. The number of Topliss-reactive ketones (excluding diaryl/α,β-unsaturated/α-hetero) is 2. The van der Waals surface area contributed by atoms with Crippen LogP contribution in [0.3, 0.4) is 0 Å². The average Bonchev–Trinajstić information content (AvgIpc) is 3.23. The Labute approximate surface area is 205 Å². The summed E-state index contributed by atoms with van der Waals surface area (Å²) in [7, 11) is 0. The second-order valence-corrected chi connectivity index (χ2v) is 8.98. The van der Waals surface area contributed by atoms with E-state index in [1.807, 2.05) is 31.2 Å². The van der Waals surface area contributed by atoms with Crippen LogP contribution >= 0.6 is 11.6 Å². The van der Waals surface area contributed by atoms with Crippen molar-refractivity contribution in [1.29, 1.82) is 0 Å². The van der Waals surface area contributed by atoms with Crippen molar-refractivity contribution >= 4 is 34.9 Å². The van der Waals surface area contributed by atoms with Gasteiger partial charge in [-0.25, -0.2) is 0 Å². The van der Waals surface area contributed by atoms with Crippen LogP contribution in [0, 0.1) is 6.92 Å². The second-order valence-electron chi connectivity index (χ2n) is 8.57. The van der Waals surface area contributed by atoms with Crippen LogP contribution in [-0.2, 0) is 30.4 Å². The Morgan fingerprint density at radius 2 is 1.89 bits per heavy atom. The molecule has 1 aliphatic rings. The van der Waals surface area contributed by atoms with Crippen molar-refractivity contribution in [3.63, 3.8) is 0 Å². The Morgan fingerprint density at radius 3 is 2.60 bits per heavy atom. The van der Waals surface area contributed by atoms with Crippen molar-refractivity contribution in [3.05, 3.63) is 98.3 Å². The Bertz CT molecular complexity index is 1360. The molecule has 0 bridgehead atoms. The number of halogens is 4. The number of fused-ring (bicyclic) bond motifs is 1. The van der Waals surface area contributed by atoms with E-state index in [1.54, 1.807) is 19.2 Å². The summed E-state index contributed by atoms with van der Waals surface area (Å²) in [6.07, 6.45) is -0.555. The van der Waals surface area contributed by atoms with Gasteiger partial charge in [0.1, 0.15) is 0 Å². The van der Waals surface area contributed by atoms with E-state index in [-0.39, 0.29) is 17.8 Å². The number of alkyl halides is 3. The number of aryl methyl sites for hydroxylation is 1. The number of nitrogens with one attached hydrogen (secondary N) is 1. The summed E-state index contributed by atoms with van der Waals surface area (Å²) in [6, 6.07) is 10.7. The number of aromatic nitrogens is 1. The molecule has 1 aromatic heterocycles. The third-order valence-corrected chi connectivity index (χ3v) is 6.33. The molecular weight excluding hydrogens is 477 g/mol.